The van der Waals surface area contributed by atoms with Crippen LogP contribution in [0, 0.1) is 11.8 Å². The fourth-order valence-corrected chi connectivity index (χ4v) is 2.47. The molecule has 0 aliphatic heterocycles. The first-order valence-corrected chi connectivity index (χ1v) is 7.55. The molecule has 130 valence electrons. The number of methoxy groups -OCH3 is 3. The molecule has 7 heteroatoms. The molecule has 0 bridgehead atoms. The molecular formula is C17H22N2O5. The number of ether oxygens (including phenoxy) is 3. The molecule has 2 rings (SSSR count). The first-order chi connectivity index (χ1) is 11.5. The second-order valence-corrected chi connectivity index (χ2v) is 5.39. The van der Waals surface area contributed by atoms with E-state index >= 15 is 0 Å². The minimum atomic E-state index is -0.325. The van der Waals surface area contributed by atoms with Crippen LogP contribution in [-0.4, -0.2) is 39.7 Å². The van der Waals surface area contributed by atoms with Gasteiger partial charge in [-0.15, -0.1) is 6.58 Å². The molecule has 0 spiro atoms. The molecule has 1 aromatic rings. The molecule has 0 heterocycles. The van der Waals surface area contributed by atoms with E-state index in [-0.39, 0.29) is 23.7 Å². The summed E-state index contributed by atoms with van der Waals surface area (Å²) in [5.41, 5.74) is 0.520. The highest BCUT2D eigenvalue weighted by Crippen LogP contribution is 2.42. The predicted molar refractivity (Wildman–Crippen MR) is 89.5 cm³/mol. The molecule has 1 saturated carbocycles. The third-order valence-corrected chi connectivity index (χ3v) is 3.82. The van der Waals surface area contributed by atoms with E-state index in [2.05, 4.69) is 17.2 Å². The van der Waals surface area contributed by atoms with Crippen molar-refractivity contribution in [2.24, 2.45) is 11.8 Å². The van der Waals surface area contributed by atoms with Gasteiger partial charge >= 0.3 is 0 Å². The molecule has 2 unspecified atom stereocenters. The van der Waals surface area contributed by atoms with E-state index in [1.54, 1.807) is 18.2 Å². The maximum absolute atomic E-state index is 12.3. The average Bonchev–Trinajstić information content (AvgIpc) is 3.39. The quantitative estimate of drug-likeness (QED) is 0.705. The normalized spacial score (nSPS) is 18.3. The summed E-state index contributed by atoms with van der Waals surface area (Å²) in [5, 5.41) is 5.49. The molecule has 7 nitrogen and oxygen atoms in total. The van der Waals surface area contributed by atoms with Crippen molar-refractivity contribution in [1.29, 1.82) is 0 Å². The Balaban J connectivity index is 2.05. The lowest BCUT2D eigenvalue weighted by molar-refractivity contribution is -0.125. The van der Waals surface area contributed by atoms with Crippen LogP contribution in [0.4, 0.5) is 5.69 Å². The van der Waals surface area contributed by atoms with E-state index in [9.17, 15) is 9.59 Å². The summed E-state index contributed by atoms with van der Waals surface area (Å²) in [6.07, 6.45) is 2.14. The second-order valence-electron chi connectivity index (χ2n) is 5.39. The van der Waals surface area contributed by atoms with Gasteiger partial charge in [0.1, 0.15) is 0 Å². The second kappa shape index (κ2) is 7.72. The van der Waals surface area contributed by atoms with E-state index in [1.165, 1.54) is 21.3 Å². The van der Waals surface area contributed by atoms with Gasteiger partial charge in [0, 0.05) is 24.4 Å². The average molecular weight is 334 g/mol. The molecule has 2 amide bonds. The lowest BCUT2D eigenvalue weighted by Gasteiger charge is -2.14. The summed E-state index contributed by atoms with van der Waals surface area (Å²) >= 11 is 0. The van der Waals surface area contributed by atoms with Crippen LogP contribution in [0.2, 0.25) is 0 Å². The number of hydrogen-bond donors (Lipinski definition) is 2. The van der Waals surface area contributed by atoms with E-state index in [0.29, 0.717) is 35.9 Å². The third-order valence-electron chi connectivity index (χ3n) is 3.82. The largest absolute Gasteiger partial charge is 0.493 e. The van der Waals surface area contributed by atoms with Crippen molar-refractivity contribution >= 4 is 17.5 Å². The van der Waals surface area contributed by atoms with Gasteiger partial charge in [-0.1, -0.05) is 6.08 Å². The smallest absolute Gasteiger partial charge is 0.228 e. The van der Waals surface area contributed by atoms with E-state index in [1.807, 2.05) is 0 Å². The van der Waals surface area contributed by atoms with Gasteiger partial charge in [-0.25, -0.2) is 0 Å². The number of benzene rings is 1. The number of hydrogen-bond acceptors (Lipinski definition) is 5. The summed E-state index contributed by atoms with van der Waals surface area (Å²) in [6, 6.07) is 3.29. The number of amides is 2. The van der Waals surface area contributed by atoms with Gasteiger partial charge in [0.15, 0.2) is 11.5 Å². The van der Waals surface area contributed by atoms with E-state index in [4.69, 9.17) is 14.2 Å². The van der Waals surface area contributed by atoms with Crippen molar-refractivity contribution < 1.29 is 23.8 Å². The Morgan fingerprint density at radius 1 is 1.12 bits per heavy atom. The first-order valence-electron chi connectivity index (χ1n) is 7.55. The van der Waals surface area contributed by atoms with Gasteiger partial charge in [0.25, 0.3) is 0 Å². The summed E-state index contributed by atoms with van der Waals surface area (Å²) in [7, 11) is 4.52. The Hall–Kier alpha value is -2.70. The molecular weight excluding hydrogens is 312 g/mol. The number of nitrogens with one attached hydrogen (secondary N) is 2. The Morgan fingerprint density at radius 3 is 2.21 bits per heavy atom. The van der Waals surface area contributed by atoms with E-state index in [0.717, 1.165) is 0 Å². The van der Waals surface area contributed by atoms with Gasteiger partial charge < -0.3 is 24.8 Å². The third kappa shape index (κ3) is 3.79. The van der Waals surface area contributed by atoms with Crippen LogP contribution >= 0.6 is 0 Å². The molecule has 0 radical (unpaired) electrons. The minimum absolute atomic E-state index is 0.125. The van der Waals surface area contributed by atoms with Gasteiger partial charge in [0.05, 0.1) is 33.2 Å². The number of anilines is 1. The molecule has 2 atom stereocenters. The first kappa shape index (κ1) is 17.7. The Kier molecular flexibility index (Phi) is 5.68. The zero-order valence-corrected chi connectivity index (χ0v) is 14.0. The SMILES string of the molecule is C=CCNC(=O)C1CC1C(=O)Nc1cc(OC)c(OC)c(OC)c1. The summed E-state index contributed by atoms with van der Waals surface area (Å²) < 4.78 is 15.7. The van der Waals surface area contributed by atoms with Crippen LogP contribution in [0.3, 0.4) is 0 Å². The summed E-state index contributed by atoms with van der Waals surface area (Å²) in [4.78, 5) is 24.1. The van der Waals surface area contributed by atoms with Crippen LogP contribution in [-0.2, 0) is 9.59 Å². The summed E-state index contributed by atoms with van der Waals surface area (Å²) in [5.74, 6) is 0.404. The molecule has 0 saturated heterocycles. The Labute approximate surface area is 141 Å². The molecule has 1 aromatic carbocycles. The lowest BCUT2D eigenvalue weighted by atomic mass is 10.2. The highest BCUT2D eigenvalue weighted by atomic mass is 16.5. The fourth-order valence-electron chi connectivity index (χ4n) is 2.47. The van der Waals surface area contributed by atoms with Crippen molar-refractivity contribution in [2.45, 2.75) is 6.42 Å². The van der Waals surface area contributed by atoms with E-state index < -0.39 is 0 Å². The van der Waals surface area contributed by atoms with Gasteiger partial charge in [-0.3, -0.25) is 9.59 Å². The zero-order chi connectivity index (χ0) is 17.7. The minimum Gasteiger partial charge on any atom is -0.493 e. The highest BCUT2D eigenvalue weighted by Gasteiger charge is 2.47. The monoisotopic (exact) mass is 334 g/mol. The Morgan fingerprint density at radius 2 is 1.71 bits per heavy atom. The molecule has 2 N–H and O–H groups in total. The zero-order valence-electron chi connectivity index (χ0n) is 14.0. The molecule has 0 aromatic heterocycles. The van der Waals surface area contributed by atoms with Gasteiger partial charge in [-0.05, 0) is 6.42 Å². The number of rotatable bonds is 8. The molecule has 1 aliphatic carbocycles. The summed E-state index contributed by atoms with van der Waals surface area (Å²) in [6.45, 7) is 3.94. The van der Waals surface area contributed by atoms with Gasteiger partial charge in [0.2, 0.25) is 17.6 Å². The van der Waals surface area contributed by atoms with Crippen LogP contribution in [0.5, 0.6) is 17.2 Å². The predicted octanol–water partition coefficient (Wildman–Crippen LogP) is 1.59. The molecule has 1 fully saturated rings. The van der Waals surface area contributed by atoms with Crippen molar-refractivity contribution in [2.75, 3.05) is 33.2 Å². The fraction of sp³-hybridized carbons (Fsp3) is 0.412. The number of carbonyl (C=O) groups excluding carboxylic acids is 2. The lowest BCUT2D eigenvalue weighted by Crippen LogP contribution is -2.27. The van der Waals surface area contributed by atoms with Crippen LogP contribution in [0.1, 0.15) is 6.42 Å². The topological polar surface area (TPSA) is 85.9 Å². The molecule has 1 aliphatic rings. The van der Waals surface area contributed by atoms with Crippen molar-refractivity contribution in [3.05, 3.63) is 24.8 Å². The Bertz CT molecular complexity index is 619. The molecule has 24 heavy (non-hydrogen) atoms. The van der Waals surface area contributed by atoms with Crippen molar-refractivity contribution in [3.8, 4) is 17.2 Å². The maximum Gasteiger partial charge on any atom is 0.228 e. The van der Waals surface area contributed by atoms with Crippen molar-refractivity contribution in [1.82, 2.24) is 5.32 Å². The van der Waals surface area contributed by atoms with Crippen LogP contribution in [0.15, 0.2) is 24.8 Å². The number of carbonyl (C=O) groups is 2. The maximum atomic E-state index is 12.3. The van der Waals surface area contributed by atoms with Crippen molar-refractivity contribution in [3.63, 3.8) is 0 Å². The van der Waals surface area contributed by atoms with Crippen LogP contribution < -0.4 is 24.8 Å². The van der Waals surface area contributed by atoms with Gasteiger partial charge in [-0.2, -0.15) is 0 Å². The standard InChI is InChI=1S/C17H22N2O5/c1-5-6-18-16(20)11-9-12(11)17(21)19-10-7-13(22-2)15(24-4)14(8-10)23-3/h5,7-8,11-12H,1,6,9H2,2-4H3,(H,18,20)(H,19,21). The van der Waals surface area contributed by atoms with Crippen LogP contribution in [0.25, 0.3) is 0 Å². The highest BCUT2D eigenvalue weighted by molar-refractivity contribution is 5.99.